The number of Topliss-reactive ketones (excluding diaryl/α,β-unsaturated/α-hetero) is 1. The first-order valence-electron chi connectivity index (χ1n) is 4.45. The van der Waals surface area contributed by atoms with Gasteiger partial charge >= 0.3 is 78.2 Å². The summed E-state index contributed by atoms with van der Waals surface area (Å²) in [5.74, 6) is 0.815. The van der Waals surface area contributed by atoms with Gasteiger partial charge in [0.1, 0.15) is 0 Å². The van der Waals surface area contributed by atoms with Crippen LogP contribution in [0.5, 0.6) is 0 Å². The van der Waals surface area contributed by atoms with Crippen LogP contribution < -0.4 is 0 Å². The first-order valence-corrected chi connectivity index (χ1v) is 6.30. The van der Waals surface area contributed by atoms with Crippen molar-refractivity contribution in [2.75, 3.05) is 0 Å². The summed E-state index contributed by atoms with van der Waals surface area (Å²) in [6, 6.07) is 4.02. The van der Waals surface area contributed by atoms with Gasteiger partial charge in [-0.2, -0.15) is 0 Å². The summed E-state index contributed by atoms with van der Waals surface area (Å²) in [5, 5.41) is 0. The molecule has 2 heteroatoms. The zero-order valence-corrected chi connectivity index (χ0v) is 8.67. The summed E-state index contributed by atoms with van der Waals surface area (Å²) >= 11 is 0.347. The fourth-order valence-corrected chi connectivity index (χ4v) is 3.37. The molecule has 1 fully saturated rings. The van der Waals surface area contributed by atoms with Gasteiger partial charge < -0.3 is 0 Å². The number of ketones is 1. The summed E-state index contributed by atoms with van der Waals surface area (Å²) in [7, 11) is 0. The molecular formula is C10H12OSe. The molecule has 0 bridgehead atoms. The fraction of sp³-hybridized carbons (Fsp3) is 0.500. The molecule has 0 aliphatic heterocycles. The molecule has 0 aromatic carbocycles. The van der Waals surface area contributed by atoms with Gasteiger partial charge in [-0.1, -0.05) is 0 Å². The molecule has 0 atom stereocenters. The van der Waals surface area contributed by atoms with Crippen molar-refractivity contribution in [3.05, 3.63) is 21.5 Å². The van der Waals surface area contributed by atoms with Crippen LogP contribution in [0.2, 0.25) is 0 Å². The van der Waals surface area contributed by atoms with Crippen LogP contribution in [0.25, 0.3) is 0 Å². The molecule has 1 nitrogen and oxygen atoms in total. The minimum absolute atomic E-state index is 0.347. The summed E-state index contributed by atoms with van der Waals surface area (Å²) in [5.41, 5.74) is 0. The molecule has 0 N–H and O–H groups in total. The molecule has 1 saturated carbocycles. The van der Waals surface area contributed by atoms with E-state index < -0.39 is 0 Å². The second-order valence-corrected chi connectivity index (χ2v) is 5.31. The van der Waals surface area contributed by atoms with Gasteiger partial charge in [0.15, 0.2) is 0 Å². The van der Waals surface area contributed by atoms with Crippen LogP contribution in [0, 0.1) is 5.92 Å². The Bertz CT molecular complexity index is 257. The van der Waals surface area contributed by atoms with Crippen LogP contribution in [0.1, 0.15) is 34.9 Å². The first-order chi connectivity index (χ1) is 5.88. The van der Waals surface area contributed by atoms with Crippen molar-refractivity contribution in [3.63, 3.8) is 0 Å². The van der Waals surface area contributed by atoms with Gasteiger partial charge in [0.05, 0.1) is 0 Å². The standard InChI is InChI=1S/C10H12OSe/c11-10(8-4-1-2-5-8)9-6-3-7-12-9/h3,6-8H,1-2,4-5H2. The van der Waals surface area contributed by atoms with E-state index in [4.69, 9.17) is 0 Å². The SMILES string of the molecule is O=C(c1ccc[se]1)C1CCCC1. The Hall–Kier alpha value is -0.331. The molecule has 2 rings (SSSR count). The Labute approximate surface area is 78.5 Å². The number of rotatable bonds is 2. The quantitative estimate of drug-likeness (QED) is 0.558. The van der Waals surface area contributed by atoms with Crippen LogP contribution >= 0.6 is 0 Å². The molecule has 0 radical (unpaired) electrons. The van der Waals surface area contributed by atoms with Crippen LogP contribution in [0.15, 0.2) is 17.1 Å². The summed E-state index contributed by atoms with van der Waals surface area (Å²) in [6.07, 6.45) is 4.77. The normalized spacial score (nSPS) is 18.3. The number of carbonyl (C=O) groups is 1. The first kappa shape index (κ1) is 8.28. The van der Waals surface area contributed by atoms with Gasteiger partial charge in [-0.05, 0) is 0 Å². The van der Waals surface area contributed by atoms with E-state index in [1.807, 2.05) is 12.1 Å². The average molecular weight is 227 g/mol. The third-order valence-corrected chi connectivity index (χ3v) is 4.35. The van der Waals surface area contributed by atoms with Crippen molar-refractivity contribution >= 4 is 20.3 Å². The summed E-state index contributed by atoms with van der Waals surface area (Å²) in [4.78, 5) is 13.9. The molecule has 64 valence electrons. The number of hydrogen-bond donors (Lipinski definition) is 0. The van der Waals surface area contributed by atoms with Gasteiger partial charge in [-0.25, -0.2) is 0 Å². The van der Waals surface area contributed by atoms with Crippen molar-refractivity contribution in [1.29, 1.82) is 0 Å². The van der Waals surface area contributed by atoms with E-state index in [2.05, 4.69) is 4.94 Å². The third-order valence-electron chi connectivity index (χ3n) is 2.49. The Morgan fingerprint density at radius 2 is 2.17 bits per heavy atom. The van der Waals surface area contributed by atoms with E-state index in [1.54, 1.807) is 0 Å². The Kier molecular flexibility index (Phi) is 2.48. The zero-order chi connectivity index (χ0) is 8.39. The number of hydrogen-bond acceptors (Lipinski definition) is 1. The van der Waals surface area contributed by atoms with Crippen molar-refractivity contribution in [3.8, 4) is 0 Å². The molecule has 1 aliphatic carbocycles. The van der Waals surface area contributed by atoms with E-state index in [1.165, 1.54) is 12.8 Å². The molecule has 0 amide bonds. The number of carbonyl (C=O) groups excluding carboxylic acids is 1. The third kappa shape index (κ3) is 1.55. The topological polar surface area (TPSA) is 17.1 Å². The maximum atomic E-state index is 11.8. The monoisotopic (exact) mass is 228 g/mol. The van der Waals surface area contributed by atoms with Gasteiger partial charge in [0.2, 0.25) is 0 Å². The zero-order valence-electron chi connectivity index (χ0n) is 6.95. The molecule has 12 heavy (non-hydrogen) atoms. The predicted molar refractivity (Wildman–Crippen MR) is 49.7 cm³/mol. The molecule has 1 heterocycles. The maximum absolute atomic E-state index is 11.8. The van der Waals surface area contributed by atoms with Gasteiger partial charge in [-0.15, -0.1) is 0 Å². The van der Waals surface area contributed by atoms with E-state index in [0.717, 1.165) is 17.3 Å². The summed E-state index contributed by atoms with van der Waals surface area (Å²) in [6.45, 7) is 0. The van der Waals surface area contributed by atoms with E-state index >= 15 is 0 Å². The predicted octanol–water partition coefficient (Wildman–Crippen LogP) is 2.12. The second-order valence-electron chi connectivity index (χ2n) is 3.32. The molecule has 0 unspecified atom stereocenters. The Balaban J connectivity index is 2.09. The second kappa shape index (κ2) is 3.59. The minimum atomic E-state index is 0.347. The van der Waals surface area contributed by atoms with E-state index in [-0.39, 0.29) is 0 Å². The van der Waals surface area contributed by atoms with E-state index in [0.29, 0.717) is 26.2 Å². The van der Waals surface area contributed by atoms with Gasteiger partial charge in [-0.3, -0.25) is 0 Å². The van der Waals surface area contributed by atoms with Crippen LogP contribution in [0.4, 0.5) is 0 Å². The van der Waals surface area contributed by atoms with Gasteiger partial charge in [0.25, 0.3) is 0 Å². The molecule has 1 aromatic heterocycles. The Morgan fingerprint density at radius 1 is 1.42 bits per heavy atom. The molecule has 1 aromatic rings. The van der Waals surface area contributed by atoms with Crippen molar-refractivity contribution in [2.24, 2.45) is 5.92 Å². The van der Waals surface area contributed by atoms with Crippen LogP contribution in [-0.2, 0) is 0 Å². The van der Waals surface area contributed by atoms with Crippen molar-refractivity contribution < 1.29 is 4.79 Å². The van der Waals surface area contributed by atoms with Crippen LogP contribution in [-0.4, -0.2) is 20.3 Å². The molecule has 0 spiro atoms. The molecule has 1 aliphatic rings. The van der Waals surface area contributed by atoms with Gasteiger partial charge in [0, 0.05) is 0 Å². The Morgan fingerprint density at radius 3 is 2.75 bits per heavy atom. The van der Waals surface area contributed by atoms with Crippen LogP contribution in [0.3, 0.4) is 0 Å². The van der Waals surface area contributed by atoms with Crippen molar-refractivity contribution in [1.82, 2.24) is 0 Å². The fourth-order valence-electron chi connectivity index (χ4n) is 1.81. The summed E-state index contributed by atoms with van der Waals surface area (Å²) < 4.78 is 1.09. The van der Waals surface area contributed by atoms with E-state index in [9.17, 15) is 4.79 Å². The molecular weight excluding hydrogens is 215 g/mol. The average Bonchev–Trinajstić information content (AvgIpc) is 2.77. The van der Waals surface area contributed by atoms with Crippen molar-refractivity contribution in [2.45, 2.75) is 25.7 Å². The molecule has 0 saturated heterocycles.